The van der Waals surface area contributed by atoms with E-state index in [-0.39, 0.29) is 5.41 Å². The lowest BCUT2D eigenvalue weighted by atomic mass is 9.90. The molecular weight excluding hydrogens is 128 g/mol. The Morgan fingerprint density at radius 1 is 1.50 bits per heavy atom. The molecule has 0 radical (unpaired) electrons. The maximum absolute atomic E-state index is 3.79. The molecule has 1 heterocycles. The average Bonchev–Trinajstić information content (AvgIpc) is 2.38. The fourth-order valence-electron chi connectivity index (χ4n) is 0.574. The Morgan fingerprint density at radius 3 is 2.60 bits per heavy atom. The average molecular weight is 139 g/mol. The van der Waals surface area contributed by atoms with Crippen molar-refractivity contribution in [3.8, 4) is 0 Å². The number of hydrogen-bond donors (Lipinski definition) is 0. The molecule has 0 fully saturated rings. The molecule has 56 valence electrons. The van der Waals surface area contributed by atoms with Gasteiger partial charge in [0.05, 0.1) is 0 Å². The van der Waals surface area contributed by atoms with Crippen molar-refractivity contribution in [2.24, 2.45) is 0 Å². The maximum Gasteiger partial charge on any atom is 0.0155 e. The van der Waals surface area contributed by atoms with Crippen LogP contribution in [-0.2, 0) is 5.41 Å². The van der Waals surface area contributed by atoms with Crippen molar-refractivity contribution < 1.29 is 0 Å². The van der Waals surface area contributed by atoms with Crippen LogP contribution in [0.4, 0.5) is 0 Å². The minimum Gasteiger partial charge on any atom is -0.335 e. The molecular formula is C6H11N4-. The van der Waals surface area contributed by atoms with Crippen LogP contribution in [0.25, 0.3) is 0 Å². The van der Waals surface area contributed by atoms with Gasteiger partial charge in [-0.3, -0.25) is 10.3 Å². The summed E-state index contributed by atoms with van der Waals surface area (Å²) >= 11 is 0. The Balaban J connectivity index is 2.85. The summed E-state index contributed by atoms with van der Waals surface area (Å²) in [5.41, 5.74) is 0.0174. The van der Waals surface area contributed by atoms with Crippen molar-refractivity contribution in [1.82, 2.24) is 20.6 Å². The normalized spacial score (nSPS) is 11.9. The predicted octanol–water partition coefficient (Wildman–Crippen LogP) is 0.516. The molecule has 0 atom stereocenters. The summed E-state index contributed by atoms with van der Waals surface area (Å²) in [6, 6.07) is 0. The van der Waals surface area contributed by atoms with Gasteiger partial charge >= 0.3 is 0 Å². The molecule has 0 aliphatic heterocycles. The summed E-state index contributed by atoms with van der Waals surface area (Å²) in [5, 5.41) is 14.4. The molecule has 4 heteroatoms. The minimum absolute atomic E-state index is 0.0174. The van der Waals surface area contributed by atoms with Crippen LogP contribution in [0.1, 0.15) is 33.0 Å². The van der Waals surface area contributed by atoms with Gasteiger partial charge in [-0.25, -0.2) is 0 Å². The van der Waals surface area contributed by atoms with Crippen LogP contribution >= 0.6 is 0 Å². The van der Waals surface area contributed by atoms with Gasteiger partial charge in [0, 0.05) is 5.82 Å². The van der Waals surface area contributed by atoms with Crippen LogP contribution < -0.4 is 5.10 Å². The quantitative estimate of drug-likeness (QED) is 0.599. The highest BCUT2D eigenvalue weighted by Gasteiger charge is 2.16. The first-order chi connectivity index (χ1) is 4.67. The second kappa shape index (κ2) is 2.36. The molecule has 1 aromatic rings. The topological polar surface area (TPSA) is 52.8 Å². The molecule has 0 spiro atoms. The van der Waals surface area contributed by atoms with Crippen LogP contribution in [0.2, 0.25) is 0 Å². The van der Waals surface area contributed by atoms with Crippen LogP contribution in [-0.4, -0.2) is 15.5 Å². The van der Waals surface area contributed by atoms with Crippen molar-refractivity contribution in [3.63, 3.8) is 0 Å². The molecule has 0 saturated carbocycles. The van der Waals surface area contributed by atoms with Crippen molar-refractivity contribution >= 4 is 0 Å². The van der Waals surface area contributed by atoms with E-state index in [1.807, 2.05) is 0 Å². The van der Waals surface area contributed by atoms with E-state index in [1.54, 1.807) is 0 Å². The molecule has 1 aromatic heterocycles. The summed E-state index contributed by atoms with van der Waals surface area (Å²) in [4.78, 5) is 0. The number of rotatable bonds is 2. The zero-order chi connectivity index (χ0) is 7.61. The molecule has 0 N–H and O–H groups in total. The molecule has 0 aromatic carbocycles. The van der Waals surface area contributed by atoms with Gasteiger partial charge in [0.15, 0.2) is 0 Å². The third-order valence-electron chi connectivity index (χ3n) is 1.81. The van der Waals surface area contributed by atoms with Gasteiger partial charge in [-0.2, -0.15) is 5.21 Å². The Labute approximate surface area is 60.0 Å². The zero-order valence-corrected chi connectivity index (χ0v) is 6.50. The Kier molecular flexibility index (Phi) is 1.70. The van der Waals surface area contributed by atoms with Gasteiger partial charge in [-0.15, -0.1) is 0 Å². The maximum atomic E-state index is 3.79. The second-order valence-electron chi connectivity index (χ2n) is 2.94. The zero-order valence-electron chi connectivity index (χ0n) is 6.50. The van der Waals surface area contributed by atoms with Gasteiger partial charge < -0.3 is 5.10 Å². The molecule has 0 bridgehead atoms. The molecule has 4 nitrogen and oxygen atoms in total. The fourth-order valence-corrected chi connectivity index (χ4v) is 0.574. The van der Waals surface area contributed by atoms with E-state index in [1.165, 1.54) is 0 Å². The number of hydrogen-bond acceptors (Lipinski definition) is 3. The first-order valence-electron chi connectivity index (χ1n) is 3.36. The highest BCUT2D eigenvalue weighted by Crippen LogP contribution is 2.20. The Bertz CT molecular complexity index is 190. The summed E-state index contributed by atoms with van der Waals surface area (Å²) < 4.78 is 0. The third-order valence-corrected chi connectivity index (χ3v) is 1.81. The minimum atomic E-state index is 0.0174. The first-order valence-corrected chi connectivity index (χ1v) is 3.36. The largest absolute Gasteiger partial charge is 0.335 e. The predicted molar refractivity (Wildman–Crippen MR) is 36.5 cm³/mol. The SMILES string of the molecule is CCC(C)(C)c1nnn[n-]1. The van der Waals surface area contributed by atoms with Gasteiger partial charge in [-0.1, -0.05) is 20.8 Å². The molecule has 10 heavy (non-hydrogen) atoms. The number of aromatic nitrogens is 4. The van der Waals surface area contributed by atoms with Gasteiger partial charge in [-0.05, 0) is 11.8 Å². The summed E-state index contributed by atoms with van der Waals surface area (Å²) in [6.45, 7) is 6.24. The Morgan fingerprint density at radius 2 is 2.20 bits per heavy atom. The summed E-state index contributed by atoms with van der Waals surface area (Å²) in [7, 11) is 0. The van der Waals surface area contributed by atoms with E-state index in [9.17, 15) is 0 Å². The van der Waals surface area contributed by atoms with Crippen molar-refractivity contribution in [1.29, 1.82) is 0 Å². The molecule has 0 amide bonds. The van der Waals surface area contributed by atoms with Crippen LogP contribution in [0.3, 0.4) is 0 Å². The highest BCUT2D eigenvalue weighted by atomic mass is 15.5. The van der Waals surface area contributed by atoms with E-state index in [2.05, 4.69) is 41.4 Å². The number of nitrogens with zero attached hydrogens (tertiary/aromatic N) is 4. The number of tetrazole rings is 1. The fraction of sp³-hybridized carbons (Fsp3) is 0.833. The summed E-state index contributed by atoms with van der Waals surface area (Å²) in [6.07, 6.45) is 1.00. The smallest absolute Gasteiger partial charge is 0.0155 e. The summed E-state index contributed by atoms with van der Waals surface area (Å²) in [5.74, 6) is 0.731. The van der Waals surface area contributed by atoms with Crippen molar-refractivity contribution in [3.05, 3.63) is 5.82 Å². The molecule has 0 unspecified atom stereocenters. The third kappa shape index (κ3) is 1.15. The highest BCUT2D eigenvalue weighted by molar-refractivity contribution is 4.97. The standard InChI is InChI=1S/C6H11N4/c1-4-6(2,3)5-7-9-10-8-5/h4H2,1-3H3/q-1. The molecule has 0 saturated heterocycles. The lowest BCUT2D eigenvalue weighted by molar-refractivity contribution is 0.471. The van der Waals surface area contributed by atoms with Gasteiger partial charge in [0.2, 0.25) is 0 Å². The van der Waals surface area contributed by atoms with E-state index >= 15 is 0 Å². The van der Waals surface area contributed by atoms with E-state index in [0.717, 1.165) is 12.2 Å². The van der Waals surface area contributed by atoms with Crippen LogP contribution in [0, 0.1) is 0 Å². The second-order valence-corrected chi connectivity index (χ2v) is 2.94. The van der Waals surface area contributed by atoms with Crippen LogP contribution in [0.15, 0.2) is 0 Å². The van der Waals surface area contributed by atoms with Crippen molar-refractivity contribution in [2.75, 3.05) is 0 Å². The van der Waals surface area contributed by atoms with E-state index < -0.39 is 0 Å². The molecule has 0 aliphatic rings. The first kappa shape index (κ1) is 7.18. The monoisotopic (exact) mass is 139 g/mol. The molecule has 1 rings (SSSR count). The van der Waals surface area contributed by atoms with E-state index in [4.69, 9.17) is 0 Å². The Hall–Kier alpha value is -0.930. The molecule has 0 aliphatic carbocycles. The van der Waals surface area contributed by atoms with E-state index in [0.29, 0.717) is 0 Å². The van der Waals surface area contributed by atoms with Crippen molar-refractivity contribution in [2.45, 2.75) is 32.6 Å². The lowest BCUT2D eigenvalue weighted by Gasteiger charge is -2.21. The lowest BCUT2D eigenvalue weighted by Crippen LogP contribution is -2.18. The van der Waals surface area contributed by atoms with Gasteiger partial charge in [0.25, 0.3) is 0 Å². The van der Waals surface area contributed by atoms with Crippen LogP contribution in [0.5, 0.6) is 0 Å². The van der Waals surface area contributed by atoms with Gasteiger partial charge in [0.1, 0.15) is 0 Å².